The highest BCUT2D eigenvalue weighted by atomic mass is 35.5. The molecule has 7 heteroatoms. The molecule has 0 aliphatic carbocycles. The van der Waals surface area contributed by atoms with Gasteiger partial charge in [0.25, 0.3) is 11.1 Å². The lowest BCUT2D eigenvalue weighted by molar-refractivity contribution is -0.105. The smallest absolute Gasteiger partial charge is 0.277 e. The van der Waals surface area contributed by atoms with Crippen molar-refractivity contribution in [3.05, 3.63) is 35.2 Å². The molecule has 0 spiro atoms. The first kappa shape index (κ1) is 12.9. The van der Waals surface area contributed by atoms with Crippen LogP contribution in [0.4, 0.5) is 0 Å². The Bertz CT molecular complexity index is 515. The monoisotopic (exact) mass is 284 g/mol. The largest absolute Gasteiger partial charge is 0.484 e. The highest BCUT2D eigenvalue weighted by molar-refractivity contribution is 7.99. The van der Waals surface area contributed by atoms with E-state index in [1.54, 1.807) is 24.3 Å². The van der Waals surface area contributed by atoms with Gasteiger partial charge in [0, 0.05) is 5.02 Å². The van der Waals surface area contributed by atoms with Crippen LogP contribution in [0.3, 0.4) is 0 Å². The maximum atomic E-state index is 10.2. The average Bonchev–Trinajstić information content (AvgIpc) is 2.84. The van der Waals surface area contributed by atoms with Crippen LogP contribution < -0.4 is 4.74 Å². The molecule has 1 aromatic heterocycles. The molecule has 0 atom stereocenters. The zero-order valence-corrected chi connectivity index (χ0v) is 10.8. The van der Waals surface area contributed by atoms with Crippen molar-refractivity contribution in [2.24, 2.45) is 0 Å². The second-order valence-electron chi connectivity index (χ2n) is 3.18. The summed E-state index contributed by atoms with van der Waals surface area (Å²) in [6.45, 7) is 0.177. The van der Waals surface area contributed by atoms with Crippen molar-refractivity contribution in [2.45, 2.75) is 11.8 Å². The molecule has 2 rings (SSSR count). The normalized spacial score (nSPS) is 10.3. The second-order valence-corrected chi connectivity index (χ2v) is 4.59. The highest BCUT2D eigenvalue weighted by Crippen LogP contribution is 2.18. The Hall–Kier alpha value is -1.53. The molecule has 0 N–H and O–H groups in total. The molecule has 1 aromatic carbocycles. The van der Waals surface area contributed by atoms with Crippen LogP contribution in [0.15, 0.2) is 33.9 Å². The van der Waals surface area contributed by atoms with Crippen molar-refractivity contribution in [2.75, 3.05) is 5.75 Å². The molecule has 0 unspecified atom stereocenters. The van der Waals surface area contributed by atoms with Gasteiger partial charge in [-0.3, -0.25) is 0 Å². The summed E-state index contributed by atoms with van der Waals surface area (Å²) in [6, 6.07) is 6.97. The maximum Gasteiger partial charge on any atom is 0.277 e. The Morgan fingerprint density at radius 1 is 1.33 bits per heavy atom. The Balaban J connectivity index is 1.87. The van der Waals surface area contributed by atoms with Gasteiger partial charge in [0.1, 0.15) is 12.0 Å². The quantitative estimate of drug-likeness (QED) is 0.600. The van der Waals surface area contributed by atoms with E-state index >= 15 is 0 Å². The number of aromatic nitrogens is 2. The van der Waals surface area contributed by atoms with E-state index in [-0.39, 0.29) is 6.61 Å². The lowest BCUT2D eigenvalue weighted by Crippen LogP contribution is -1.95. The zero-order chi connectivity index (χ0) is 12.8. The third-order valence-corrected chi connectivity index (χ3v) is 2.87. The van der Waals surface area contributed by atoms with E-state index in [0.717, 1.165) is 6.29 Å². The van der Waals surface area contributed by atoms with Crippen molar-refractivity contribution in [3.8, 4) is 5.75 Å². The van der Waals surface area contributed by atoms with E-state index in [2.05, 4.69) is 10.2 Å². The van der Waals surface area contributed by atoms with Crippen molar-refractivity contribution in [1.29, 1.82) is 0 Å². The minimum Gasteiger partial charge on any atom is -0.484 e. The first-order valence-corrected chi connectivity index (χ1v) is 6.41. The number of hydrogen-bond acceptors (Lipinski definition) is 6. The standard InChI is InChI=1S/C11H9ClN2O3S/c12-8-1-3-9(4-2-8)16-7-10-13-14-11(17-10)18-6-5-15/h1-5H,6-7H2. The van der Waals surface area contributed by atoms with Gasteiger partial charge in [-0.05, 0) is 24.3 Å². The zero-order valence-electron chi connectivity index (χ0n) is 9.21. The van der Waals surface area contributed by atoms with Crippen LogP contribution in [0.5, 0.6) is 5.75 Å². The van der Waals surface area contributed by atoms with Gasteiger partial charge in [0.2, 0.25) is 0 Å². The number of aldehydes is 1. The minimum atomic E-state index is 0.177. The Morgan fingerprint density at radius 3 is 2.83 bits per heavy atom. The topological polar surface area (TPSA) is 65.2 Å². The van der Waals surface area contributed by atoms with Crippen LogP contribution in [-0.4, -0.2) is 22.2 Å². The van der Waals surface area contributed by atoms with Crippen LogP contribution in [0.1, 0.15) is 5.89 Å². The summed E-state index contributed by atoms with van der Waals surface area (Å²) in [7, 11) is 0. The van der Waals surface area contributed by atoms with Gasteiger partial charge in [0.05, 0.1) is 5.75 Å². The molecule has 0 radical (unpaired) electrons. The highest BCUT2D eigenvalue weighted by Gasteiger charge is 2.06. The number of hydrogen-bond donors (Lipinski definition) is 0. The van der Waals surface area contributed by atoms with Crippen LogP contribution >= 0.6 is 23.4 Å². The number of rotatable bonds is 6. The Morgan fingerprint density at radius 2 is 2.11 bits per heavy atom. The average molecular weight is 285 g/mol. The molecule has 5 nitrogen and oxygen atoms in total. The molecule has 0 fully saturated rings. The number of benzene rings is 1. The third kappa shape index (κ3) is 3.75. The molecule has 0 amide bonds. The van der Waals surface area contributed by atoms with Crippen molar-refractivity contribution in [3.63, 3.8) is 0 Å². The summed E-state index contributed by atoms with van der Waals surface area (Å²) in [6.07, 6.45) is 0.777. The SMILES string of the molecule is O=CCSc1nnc(COc2ccc(Cl)cc2)o1. The van der Waals surface area contributed by atoms with E-state index in [9.17, 15) is 4.79 Å². The Kier molecular flexibility index (Phi) is 4.60. The maximum absolute atomic E-state index is 10.2. The second kappa shape index (κ2) is 6.42. The number of thioether (sulfide) groups is 1. The summed E-state index contributed by atoms with van der Waals surface area (Å²) in [4.78, 5) is 10.2. The molecule has 0 saturated carbocycles. The van der Waals surface area contributed by atoms with E-state index in [1.165, 1.54) is 11.8 Å². The molecule has 94 valence electrons. The van der Waals surface area contributed by atoms with Gasteiger partial charge in [-0.1, -0.05) is 23.4 Å². The van der Waals surface area contributed by atoms with Crippen molar-refractivity contribution < 1.29 is 13.9 Å². The molecule has 0 bridgehead atoms. The van der Waals surface area contributed by atoms with Gasteiger partial charge in [-0.15, -0.1) is 10.2 Å². The van der Waals surface area contributed by atoms with Gasteiger partial charge in [0.15, 0.2) is 6.61 Å². The minimum absolute atomic E-state index is 0.177. The number of halogens is 1. The van der Waals surface area contributed by atoms with E-state index in [1.807, 2.05) is 0 Å². The number of carbonyl (C=O) groups excluding carboxylic acids is 1. The van der Waals surface area contributed by atoms with E-state index in [4.69, 9.17) is 20.8 Å². The van der Waals surface area contributed by atoms with Crippen LogP contribution in [0.25, 0.3) is 0 Å². The van der Waals surface area contributed by atoms with Crippen LogP contribution in [0.2, 0.25) is 5.02 Å². The van der Waals surface area contributed by atoms with Gasteiger partial charge < -0.3 is 13.9 Å². The predicted octanol–water partition coefficient (Wildman–Crippen LogP) is 2.59. The fraction of sp³-hybridized carbons (Fsp3) is 0.182. The molecular formula is C11H9ClN2O3S. The first-order chi connectivity index (χ1) is 8.78. The fourth-order valence-corrected chi connectivity index (χ4v) is 1.73. The summed E-state index contributed by atoms with van der Waals surface area (Å²) in [5.41, 5.74) is 0. The summed E-state index contributed by atoms with van der Waals surface area (Å²) < 4.78 is 10.7. The van der Waals surface area contributed by atoms with Gasteiger partial charge >= 0.3 is 0 Å². The van der Waals surface area contributed by atoms with Crippen LogP contribution in [-0.2, 0) is 11.4 Å². The lowest BCUT2D eigenvalue weighted by Gasteiger charge is -2.02. The molecule has 18 heavy (non-hydrogen) atoms. The van der Waals surface area contributed by atoms with Gasteiger partial charge in [-0.2, -0.15) is 0 Å². The van der Waals surface area contributed by atoms with Crippen LogP contribution in [0, 0.1) is 0 Å². The molecule has 2 aromatic rings. The number of carbonyl (C=O) groups is 1. The number of ether oxygens (including phenoxy) is 1. The van der Waals surface area contributed by atoms with Gasteiger partial charge in [-0.25, -0.2) is 0 Å². The van der Waals surface area contributed by atoms with Crippen molar-refractivity contribution >= 4 is 29.6 Å². The first-order valence-electron chi connectivity index (χ1n) is 5.05. The molecular weight excluding hydrogens is 276 g/mol. The third-order valence-electron chi connectivity index (χ3n) is 1.90. The Labute approximate surface area is 112 Å². The summed E-state index contributed by atoms with van der Waals surface area (Å²) in [5, 5.41) is 8.57. The van der Waals surface area contributed by atoms with E-state index < -0.39 is 0 Å². The molecule has 1 heterocycles. The molecule has 0 aliphatic rings. The predicted molar refractivity (Wildman–Crippen MR) is 66.9 cm³/mol. The number of nitrogens with zero attached hydrogens (tertiary/aromatic N) is 2. The molecule has 0 aliphatic heterocycles. The van der Waals surface area contributed by atoms with Crippen molar-refractivity contribution in [1.82, 2.24) is 10.2 Å². The fourth-order valence-electron chi connectivity index (χ4n) is 1.14. The molecule has 0 saturated heterocycles. The van der Waals surface area contributed by atoms with E-state index in [0.29, 0.717) is 27.6 Å². The summed E-state index contributed by atoms with van der Waals surface area (Å²) in [5.74, 6) is 1.32. The lowest BCUT2D eigenvalue weighted by atomic mass is 10.3. The summed E-state index contributed by atoms with van der Waals surface area (Å²) >= 11 is 6.94.